The average molecular weight is 642 g/mol. The number of aromatic amines is 2. The quantitative estimate of drug-likeness (QED) is 0.162. The van der Waals surface area contributed by atoms with Crippen LogP contribution in [0.15, 0.2) is 133 Å². The molecule has 1 aliphatic carbocycles. The van der Waals surface area contributed by atoms with Crippen molar-refractivity contribution in [1.82, 2.24) is 19.9 Å². The van der Waals surface area contributed by atoms with Crippen molar-refractivity contribution in [3.8, 4) is 11.1 Å². The normalized spacial score (nSPS) is 11.4. The van der Waals surface area contributed by atoms with Crippen LogP contribution in [-0.4, -0.2) is 30.9 Å². The van der Waals surface area contributed by atoms with Gasteiger partial charge in [0.05, 0.1) is 22.8 Å². The van der Waals surface area contributed by atoms with Gasteiger partial charge in [0.2, 0.25) is 0 Å². The number of hydrogen-bond donors (Lipinski definition) is 2. The van der Waals surface area contributed by atoms with Crippen molar-refractivity contribution in [2.75, 3.05) is 0 Å². The molecule has 3 aromatic carbocycles. The van der Waals surface area contributed by atoms with E-state index in [0.29, 0.717) is 0 Å². The van der Waals surface area contributed by atoms with Gasteiger partial charge in [-0.2, -0.15) is 0 Å². The molecule has 0 fully saturated rings. The van der Waals surface area contributed by atoms with Crippen molar-refractivity contribution >= 4 is 57.3 Å². The monoisotopic (exact) mass is 641 g/mol. The predicted octanol–water partition coefficient (Wildman–Crippen LogP) is 9.22. The SMILES string of the molecule is C1=Cc2cc3ccc(cc4ccc(cc5nc(cc1n2)C=C5)[nH]4)[nH]3.[Co].[Si].c1ccc2c(c1)Cc1ccccc1-2.c1ccccc1. The molecule has 2 aliphatic heterocycles. The van der Waals surface area contributed by atoms with Crippen LogP contribution in [0.1, 0.15) is 33.9 Å². The van der Waals surface area contributed by atoms with Crippen LogP contribution in [0.3, 0.4) is 0 Å². The number of H-pyrrole nitrogens is 2. The minimum Gasteiger partial charge on any atom is -0.355 e. The van der Waals surface area contributed by atoms with Crippen LogP contribution < -0.4 is 0 Å². The van der Waals surface area contributed by atoms with Gasteiger partial charge in [-0.25, -0.2) is 9.97 Å². The fourth-order valence-electron chi connectivity index (χ4n) is 5.41. The number of nitrogens with zero attached hydrogens (tertiary/aromatic N) is 2. The van der Waals surface area contributed by atoms with E-state index >= 15 is 0 Å². The summed E-state index contributed by atoms with van der Waals surface area (Å²) in [7, 11) is 0. The van der Waals surface area contributed by atoms with Gasteiger partial charge in [0, 0.05) is 49.8 Å². The van der Waals surface area contributed by atoms with E-state index in [1.54, 1.807) is 0 Å². The summed E-state index contributed by atoms with van der Waals surface area (Å²) in [4.78, 5) is 16.0. The van der Waals surface area contributed by atoms with Crippen molar-refractivity contribution in [2.45, 2.75) is 6.42 Å². The molecule has 0 amide bonds. The van der Waals surface area contributed by atoms with Crippen molar-refractivity contribution in [3.05, 3.63) is 167 Å². The Labute approximate surface area is 277 Å². The summed E-state index contributed by atoms with van der Waals surface area (Å²) in [6.07, 6.45) is 9.15. The van der Waals surface area contributed by atoms with Gasteiger partial charge in [-0.15, -0.1) is 0 Å². The summed E-state index contributed by atoms with van der Waals surface area (Å²) < 4.78 is 0. The summed E-state index contributed by atoms with van der Waals surface area (Å²) in [6, 6.07) is 45.7. The van der Waals surface area contributed by atoms with Crippen LogP contribution in [-0.2, 0) is 23.2 Å². The van der Waals surface area contributed by atoms with Crippen molar-refractivity contribution in [2.24, 2.45) is 0 Å². The van der Waals surface area contributed by atoms with Crippen LogP contribution in [0, 0.1) is 0 Å². The molecule has 0 saturated heterocycles. The molecule has 0 saturated carbocycles. The van der Waals surface area contributed by atoms with E-state index in [1.165, 1.54) is 22.3 Å². The molecule has 5 radical (unpaired) electrons. The first kappa shape index (κ1) is 31.4. The second-order valence-electron chi connectivity index (χ2n) is 10.6. The van der Waals surface area contributed by atoms with Gasteiger partial charge in [0.1, 0.15) is 0 Å². The van der Waals surface area contributed by atoms with Gasteiger partial charge in [-0.1, -0.05) is 84.9 Å². The zero-order valence-electron chi connectivity index (χ0n) is 24.4. The maximum absolute atomic E-state index is 4.62. The van der Waals surface area contributed by atoms with Crippen LogP contribution >= 0.6 is 0 Å². The van der Waals surface area contributed by atoms with Gasteiger partial charge in [-0.05, 0) is 102 Å². The molecule has 0 spiro atoms. The number of nitrogens with one attached hydrogen (secondary N) is 2. The summed E-state index contributed by atoms with van der Waals surface area (Å²) in [5, 5.41) is 0. The van der Waals surface area contributed by atoms with E-state index in [-0.39, 0.29) is 27.7 Å². The maximum atomic E-state index is 4.62. The Morgan fingerprint density at radius 2 is 0.756 bits per heavy atom. The standard InChI is InChI=1S/C20H14N4.C13H10.C6H6.Co.Si/c1-2-14-10-16-5-6-18(23-16)12-20-8-7-19(24-20)11-17-4-3-15(22-17)9-13(1)21-14;1-3-7-12-10(5-1)9-11-6-2-4-8-13(11)12;1-2-4-6-5-3-1;;/h1-12,21-22H;1-8H,9H2;1-6H;;. The molecule has 2 N–H and O–H groups in total. The van der Waals surface area contributed by atoms with Crippen LogP contribution in [0.25, 0.3) is 57.5 Å². The first-order valence-corrected chi connectivity index (χ1v) is 14.5. The van der Waals surface area contributed by atoms with E-state index in [1.807, 2.05) is 78.9 Å². The van der Waals surface area contributed by atoms with Gasteiger partial charge in [-0.3, -0.25) is 0 Å². The van der Waals surface area contributed by atoms with E-state index < -0.39 is 0 Å². The molecular weight excluding hydrogens is 611 g/mol. The summed E-state index contributed by atoms with van der Waals surface area (Å²) in [6.45, 7) is 0. The molecule has 219 valence electrons. The van der Waals surface area contributed by atoms with E-state index in [9.17, 15) is 0 Å². The van der Waals surface area contributed by atoms with Crippen molar-refractivity contribution in [1.29, 1.82) is 0 Å². The molecule has 6 aromatic rings. The molecule has 0 atom stereocenters. The second kappa shape index (κ2) is 14.6. The topological polar surface area (TPSA) is 57.4 Å². The zero-order valence-corrected chi connectivity index (χ0v) is 26.5. The number of rotatable bonds is 0. The molecule has 6 heteroatoms. The number of aromatic nitrogens is 4. The number of fused-ring (bicyclic) bond motifs is 11. The number of hydrogen-bond acceptors (Lipinski definition) is 2. The summed E-state index contributed by atoms with van der Waals surface area (Å²) in [5.74, 6) is 0. The molecule has 8 bridgehead atoms. The van der Waals surface area contributed by atoms with E-state index in [4.69, 9.17) is 0 Å². The van der Waals surface area contributed by atoms with Gasteiger partial charge < -0.3 is 9.97 Å². The van der Waals surface area contributed by atoms with Crippen molar-refractivity contribution in [3.63, 3.8) is 0 Å². The van der Waals surface area contributed by atoms with Crippen molar-refractivity contribution < 1.29 is 16.8 Å². The molecule has 5 heterocycles. The largest absolute Gasteiger partial charge is 0.355 e. The fourth-order valence-corrected chi connectivity index (χ4v) is 5.41. The minimum absolute atomic E-state index is 0. The molecule has 3 aliphatic rings. The Balaban J connectivity index is 0.000000160. The van der Waals surface area contributed by atoms with Crippen LogP contribution in [0.5, 0.6) is 0 Å². The molecule has 4 nitrogen and oxygen atoms in total. The first-order chi connectivity index (χ1) is 21.2. The number of benzene rings is 3. The Morgan fingerprint density at radius 1 is 0.400 bits per heavy atom. The Kier molecular flexibility index (Phi) is 10.2. The summed E-state index contributed by atoms with van der Waals surface area (Å²) >= 11 is 0. The van der Waals surface area contributed by atoms with Gasteiger partial charge in [0.15, 0.2) is 0 Å². The third kappa shape index (κ3) is 7.74. The molecular formula is C39H30CoN4Si. The maximum Gasteiger partial charge on any atom is 0.0659 e. The third-order valence-corrected chi connectivity index (χ3v) is 7.41. The van der Waals surface area contributed by atoms with E-state index in [2.05, 4.69) is 98.8 Å². The molecule has 0 unspecified atom stereocenters. The first-order valence-electron chi connectivity index (χ1n) is 14.5. The van der Waals surface area contributed by atoms with E-state index in [0.717, 1.165) is 51.3 Å². The third-order valence-electron chi connectivity index (χ3n) is 7.41. The predicted molar refractivity (Wildman–Crippen MR) is 186 cm³/mol. The smallest absolute Gasteiger partial charge is 0.0659 e. The average Bonchev–Trinajstić information content (AvgIpc) is 3.88. The molecule has 9 rings (SSSR count). The Bertz CT molecular complexity index is 1970. The zero-order chi connectivity index (χ0) is 28.8. The van der Waals surface area contributed by atoms with Gasteiger partial charge in [0.25, 0.3) is 0 Å². The molecule has 45 heavy (non-hydrogen) atoms. The molecule has 3 aromatic heterocycles. The van der Waals surface area contributed by atoms with Crippen LogP contribution in [0.2, 0.25) is 0 Å². The minimum atomic E-state index is 0. The second-order valence-corrected chi connectivity index (χ2v) is 10.6. The summed E-state index contributed by atoms with van der Waals surface area (Å²) in [5.41, 5.74) is 13.6. The fraction of sp³-hybridized carbons (Fsp3) is 0.0256. The Morgan fingerprint density at radius 3 is 1.18 bits per heavy atom. The van der Waals surface area contributed by atoms with Gasteiger partial charge >= 0.3 is 0 Å². The van der Waals surface area contributed by atoms with Crippen LogP contribution in [0.4, 0.5) is 0 Å². The Hall–Kier alpha value is -5.02.